The van der Waals surface area contributed by atoms with Gasteiger partial charge in [-0.05, 0) is 12.1 Å². The summed E-state index contributed by atoms with van der Waals surface area (Å²) in [5.41, 5.74) is 1.61. The molecule has 0 amide bonds. The van der Waals surface area contributed by atoms with Gasteiger partial charge in [0, 0.05) is 7.05 Å². The van der Waals surface area contributed by atoms with Gasteiger partial charge in [0.15, 0.2) is 0 Å². The van der Waals surface area contributed by atoms with Crippen LogP contribution in [0, 0.1) is 0 Å². The highest BCUT2D eigenvalue weighted by Gasteiger charge is 2.01. The van der Waals surface area contributed by atoms with Gasteiger partial charge in [-0.2, -0.15) is 0 Å². The van der Waals surface area contributed by atoms with Crippen LogP contribution in [0.3, 0.4) is 0 Å². The number of fused-ring (bicyclic) bond motifs is 1. The molecule has 0 saturated carbocycles. The van der Waals surface area contributed by atoms with E-state index in [0.717, 1.165) is 5.52 Å². The van der Waals surface area contributed by atoms with Crippen LogP contribution in [0.25, 0.3) is 11.0 Å². The van der Waals surface area contributed by atoms with E-state index in [4.69, 9.17) is 0 Å². The van der Waals surface area contributed by atoms with E-state index in [9.17, 15) is 5.11 Å². The smallest absolute Gasteiger partial charge is 0.143 e. The minimum Gasteiger partial charge on any atom is -0.506 e. The number of imidazole rings is 1. The Hall–Kier alpha value is -1.51. The average molecular weight is 148 g/mol. The Morgan fingerprint density at radius 3 is 3.00 bits per heavy atom. The maximum Gasteiger partial charge on any atom is 0.143 e. The molecule has 0 aliphatic carbocycles. The number of aromatic hydroxyl groups is 1. The maximum absolute atomic E-state index is 9.31. The topological polar surface area (TPSA) is 38.0 Å². The van der Waals surface area contributed by atoms with Crippen molar-refractivity contribution in [2.75, 3.05) is 0 Å². The van der Waals surface area contributed by atoms with Crippen molar-refractivity contribution in [2.45, 2.75) is 0 Å². The lowest BCUT2D eigenvalue weighted by Gasteiger charge is -1.93. The quantitative estimate of drug-likeness (QED) is 0.611. The number of phenolic OH excluding ortho intramolecular Hbond substituents is 1. The van der Waals surface area contributed by atoms with Gasteiger partial charge in [0.25, 0.3) is 0 Å². The Kier molecular flexibility index (Phi) is 1.12. The number of para-hydroxylation sites is 1. The summed E-state index contributed by atoms with van der Waals surface area (Å²) in [4.78, 5) is 4.03. The largest absolute Gasteiger partial charge is 0.506 e. The van der Waals surface area contributed by atoms with E-state index >= 15 is 0 Å². The van der Waals surface area contributed by atoms with Gasteiger partial charge >= 0.3 is 0 Å². The third-order valence-corrected chi connectivity index (χ3v) is 1.73. The first-order chi connectivity index (χ1) is 5.29. The molecule has 2 rings (SSSR count). The predicted octanol–water partition coefficient (Wildman–Crippen LogP) is 1.28. The monoisotopic (exact) mass is 148 g/mol. The molecule has 0 unspecified atom stereocenters. The Balaban J connectivity index is 2.94. The Bertz CT molecular complexity index is 392. The van der Waals surface area contributed by atoms with Gasteiger partial charge in [-0.1, -0.05) is 6.07 Å². The SMILES string of the molecule is Cn1cnc2c(O)cccc21. The highest BCUT2D eigenvalue weighted by atomic mass is 16.3. The Labute approximate surface area is 63.9 Å². The number of benzene rings is 1. The van der Waals surface area contributed by atoms with Crippen molar-refractivity contribution in [2.24, 2.45) is 7.05 Å². The molecule has 0 bridgehead atoms. The van der Waals surface area contributed by atoms with E-state index in [1.165, 1.54) is 0 Å². The van der Waals surface area contributed by atoms with E-state index in [2.05, 4.69) is 4.98 Å². The molecule has 1 heterocycles. The highest BCUT2D eigenvalue weighted by molar-refractivity contribution is 5.81. The molecule has 1 N–H and O–H groups in total. The summed E-state index contributed by atoms with van der Waals surface area (Å²) in [7, 11) is 1.90. The number of nitrogens with zero attached hydrogens (tertiary/aromatic N) is 2. The van der Waals surface area contributed by atoms with Crippen molar-refractivity contribution >= 4 is 11.0 Å². The van der Waals surface area contributed by atoms with Gasteiger partial charge in [0.1, 0.15) is 11.3 Å². The van der Waals surface area contributed by atoms with Gasteiger partial charge in [0.05, 0.1) is 11.8 Å². The maximum atomic E-state index is 9.31. The van der Waals surface area contributed by atoms with Crippen molar-refractivity contribution in [1.82, 2.24) is 9.55 Å². The van der Waals surface area contributed by atoms with Gasteiger partial charge in [-0.3, -0.25) is 0 Å². The zero-order valence-electron chi connectivity index (χ0n) is 6.15. The minimum absolute atomic E-state index is 0.239. The number of rotatable bonds is 0. The zero-order valence-corrected chi connectivity index (χ0v) is 6.15. The second kappa shape index (κ2) is 1.99. The molecule has 1 aromatic carbocycles. The van der Waals surface area contributed by atoms with Crippen molar-refractivity contribution in [3.05, 3.63) is 24.5 Å². The summed E-state index contributed by atoms with van der Waals surface area (Å²) in [6, 6.07) is 5.36. The van der Waals surface area contributed by atoms with Crippen molar-refractivity contribution in [3.8, 4) is 5.75 Å². The number of aryl methyl sites for hydroxylation is 1. The van der Waals surface area contributed by atoms with Crippen LogP contribution in [0.5, 0.6) is 5.75 Å². The molecule has 0 aliphatic heterocycles. The summed E-state index contributed by atoms with van der Waals surface area (Å²) < 4.78 is 1.87. The molecule has 3 heteroatoms. The summed E-state index contributed by atoms with van der Waals surface area (Å²) in [6.45, 7) is 0. The number of hydrogen-bond acceptors (Lipinski definition) is 2. The first kappa shape index (κ1) is 6.22. The van der Waals surface area contributed by atoms with E-state index in [-0.39, 0.29) is 5.75 Å². The van der Waals surface area contributed by atoms with Crippen molar-refractivity contribution in [1.29, 1.82) is 0 Å². The first-order valence-corrected chi connectivity index (χ1v) is 3.38. The lowest BCUT2D eigenvalue weighted by atomic mass is 10.3. The number of hydrogen-bond donors (Lipinski definition) is 1. The molecular formula is C8H8N2O. The van der Waals surface area contributed by atoms with Crippen LogP contribution in [-0.2, 0) is 7.05 Å². The number of aromatic nitrogens is 2. The predicted molar refractivity (Wildman–Crippen MR) is 42.4 cm³/mol. The Morgan fingerprint density at radius 1 is 1.45 bits per heavy atom. The third-order valence-electron chi connectivity index (χ3n) is 1.73. The summed E-state index contributed by atoms with van der Waals surface area (Å²) in [5.74, 6) is 0.239. The molecule has 11 heavy (non-hydrogen) atoms. The van der Waals surface area contributed by atoms with Gasteiger partial charge in [-0.25, -0.2) is 4.98 Å². The standard InChI is InChI=1S/C8H8N2O/c1-10-5-9-8-6(10)3-2-4-7(8)11/h2-5,11H,1H3. The van der Waals surface area contributed by atoms with Gasteiger partial charge in [0.2, 0.25) is 0 Å². The van der Waals surface area contributed by atoms with E-state index < -0.39 is 0 Å². The average Bonchev–Trinajstić information content (AvgIpc) is 2.35. The molecule has 3 nitrogen and oxygen atoms in total. The minimum atomic E-state index is 0.239. The molecule has 0 atom stereocenters. The zero-order chi connectivity index (χ0) is 7.84. The van der Waals surface area contributed by atoms with E-state index in [1.807, 2.05) is 17.7 Å². The fourth-order valence-electron chi connectivity index (χ4n) is 1.14. The molecule has 1 aromatic heterocycles. The fourth-order valence-corrected chi connectivity index (χ4v) is 1.14. The molecule has 0 saturated heterocycles. The summed E-state index contributed by atoms with van der Waals surface area (Å²) in [6.07, 6.45) is 1.68. The molecule has 56 valence electrons. The van der Waals surface area contributed by atoms with Gasteiger partial charge < -0.3 is 9.67 Å². The van der Waals surface area contributed by atoms with Crippen LogP contribution in [-0.4, -0.2) is 14.7 Å². The lowest BCUT2D eigenvalue weighted by Crippen LogP contribution is -1.82. The highest BCUT2D eigenvalue weighted by Crippen LogP contribution is 2.21. The fraction of sp³-hybridized carbons (Fsp3) is 0.125. The Morgan fingerprint density at radius 2 is 2.27 bits per heavy atom. The molecular weight excluding hydrogens is 140 g/mol. The van der Waals surface area contributed by atoms with Crippen LogP contribution in [0.15, 0.2) is 24.5 Å². The summed E-state index contributed by atoms with van der Waals surface area (Å²) >= 11 is 0. The van der Waals surface area contributed by atoms with Crippen molar-refractivity contribution in [3.63, 3.8) is 0 Å². The van der Waals surface area contributed by atoms with Gasteiger partial charge in [-0.15, -0.1) is 0 Å². The van der Waals surface area contributed by atoms with Crippen LogP contribution in [0.2, 0.25) is 0 Å². The van der Waals surface area contributed by atoms with Crippen molar-refractivity contribution < 1.29 is 5.11 Å². The molecule has 2 aromatic rings. The van der Waals surface area contributed by atoms with Crippen LogP contribution in [0.1, 0.15) is 0 Å². The summed E-state index contributed by atoms with van der Waals surface area (Å²) in [5, 5.41) is 9.31. The van der Waals surface area contributed by atoms with E-state index in [1.54, 1.807) is 18.5 Å². The second-order valence-electron chi connectivity index (χ2n) is 2.50. The lowest BCUT2D eigenvalue weighted by molar-refractivity contribution is 0.480. The molecule has 0 radical (unpaired) electrons. The van der Waals surface area contributed by atoms with Crippen LogP contribution in [0.4, 0.5) is 0 Å². The molecule has 0 aliphatic rings. The first-order valence-electron chi connectivity index (χ1n) is 3.38. The third kappa shape index (κ3) is 0.774. The van der Waals surface area contributed by atoms with E-state index in [0.29, 0.717) is 5.52 Å². The van der Waals surface area contributed by atoms with Crippen LogP contribution < -0.4 is 0 Å². The number of phenols is 1. The normalized spacial score (nSPS) is 10.6. The van der Waals surface area contributed by atoms with Crippen LogP contribution >= 0.6 is 0 Å². The molecule has 0 spiro atoms. The molecule has 0 fully saturated rings. The second-order valence-corrected chi connectivity index (χ2v) is 2.50.